The standard InChI is InChI=1S/C22H28N2O2/c1-2-3-4-8-15-26-22(25)23-20-11-12-21-19(16-20)13-14-24(21)17-18-9-6-5-7-10-18/h5-7,9-12,16H,2-4,8,13-15,17H2,1H3,(H,23,25). The van der Waals surface area contributed by atoms with E-state index in [1.807, 2.05) is 12.1 Å². The maximum Gasteiger partial charge on any atom is 0.411 e. The highest BCUT2D eigenvalue weighted by Crippen LogP contribution is 2.31. The molecule has 3 rings (SSSR count). The Bertz CT molecular complexity index is 715. The van der Waals surface area contributed by atoms with Crippen LogP contribution < -0.4 is 10.2 Å². The summed E-state index contributed by atoms with van der Waals surface area (Å²) in [6.07, 6.45) is 5.06. The topological polar surface area (TPSA) is 41.6 Å². The third-order valence-corrected chi connectivity index (χ3v) is 4.76. The first-order chi connectivity index (χ1) is 12.8. The van der Waals surface area contributed by atoms with Crippen LogP contribution in [0, 0.1) is 0 Å². The lowest BCUT2D eigenvalue weighted by Crippen LogP contribution is -2.19. The fourth-order valence-electron chi connectivity index (χ4n) is 3.36. The molecule has 0 aliphatic carbocycles. The van der Waals surface area contributed by atoms with E-state index in [-0.39, 0.29) is 6.09 Å². The maximum atomic E-state index is 11.9. The number of anilines is 2. The van der Waals surface area contributed by atoms with E-state index in [0.717, 1.165) is 38.0 Å². The number of nitrogens with one attached hydrogen (secondary N) is 1. The van der Waals surface area contributed by atoms with Crippen molar-refractivity contribution in [3.63, 3.8) is 0 Å². The summed E-state index contributed by atoms with van der Waals surface area (Å²) in [7, 11) is 0. The van der Waals surface area contributed by atoms with Crippen molar-refractivity contribution in [2.45, 2.75) is 45.6 Å². The molecule has 0 unspecified atom stereocenters. The van der Waals surface area contributed by atoms with Crippen LogP contribution in [0.5, 0.6) is 0 Å². The Labute approximate surface area is 156 Å². The number of carbonyl (C=O) groups is 1. The average molecular weight is 352 g/mol. The first-order valence-electron chi connectivity index (χ1n) is 9.62. The summed E-state index contributed by atoms with van der Waals surface area (Å²) in [5.41, 5.74) is 4.66. The summed E-state index contributed by atoms with van der Waals surface area (Å²) >= 11 is 0. The number of nitrogens with zero attached hydrogens (tertiary/aromatic N) is 1. The largest absolute Gasteiger partial charge is 0.449 e. The quantitative estimate of drug-likeness (QED) is 0.649. The molecular formula is C22H28N2O2. The smallest absolute Gasteiger partial charge is 0.411 e. The van der Waals surface area contributed by atoms with Gasteiger partial charge in [-0.2, -0.15) is 0 Å². The van der Waals surface area contributed by atoms with Crippen molar-refractivity contribution < 1.29 is 9.53 Å². The molecule has 4 nitrogen and oxygen atoms in total. The minimum atomic E-state index is -0.361. The van der Waals surface area contributed by atoms with E-state index in [1.54, 1.807) is 0 Å². The van der Waals surface area contributed by atoms with Crippen molar-refractivity contribution in [3.05, 3.63) is 59.7 Å². The maximum absolute atomic E-state index is 11.9. The molecule has 26 heavy (non-hydrogen) atoms. The molecule has 138 valence electrons. The molecule has 0 aromatic heterocycles. The Morgan fingerprint density at radius 1 is 1.12 bits per heavy atom. The van der Waals surface area contributed by atoms with E-state index in [2.05, 4.69) is 53.5 Å². The van der Waals surface area contributed by atoms with Crippen molar-refractivity contribution in [3.8, 4) is 0 Å². The highest BCUT2D eigenvalue weighted by Gasteiger charge is 2.19. The predicted molar refractivity (Wildman–Crippen MR) is 107 cm³/mol. The molecule has 1 aliphatic rings. The lowest BCUT2D eigenvalue weighted by Gasteiger charge is -2.19. The van der Waals surface area contributed by atoms with Gasteiger partial charge in [-0.15, -0.1) is 0 Å². The summed E-state index contributed by atoms with van der Waals surface area (Å²) < 4.78 is 5.25. The Balaban J connectivity index is 1.52. The fraction of sp³-hybridized carbons (Fsp3) is 0.409. The van der Waals surface area contributed by atoms with Crippen molar-refractivity contribution in [2.75, 3.05) is 23.4 Å². The van der Waals surface area contributed by atoms with Crippen molar-refractivity contribution in [1.82, 2.24) is 0 Å². The molecular weight excluding hydrogens is 324 g/mol. The zero-order valence-corrected chi connectivity index (χ0v) is 15.5. The Kier molecular flexibility index (Phi) is 6.53. The Morgan fingerprint density at radius 2 is 1.96 bits per heavy atom. The molecule has 1 amide bonds. The molecule has 0 atom stereocenters. The second kappa shape index (κ2) is 9.27. The van der Waals surface area contributed by atoms with Crippen LogP contribution in [0.1, 0.15) is 43.7 Å². The Morgan fingerprint density at radius 3 is 2.77 bits per heavy atom. The number of hydrogen-bond donors (Lipinski definition) is 1. The van der Waals surface area contributed by atoms with Gasteiger partial charge in [0.25, 0.3) is 0 Å². The molecule has 0 fully saturated rings. The number of benzene rings is 2. The molecule has 0 bridgehead atoms. The van der Waals surface area contributed by atoms with Crippen LogP contribution in [-0.2, 0) is 17.7 Å². The van der Waals surface area contributed by atoms with Crippen LogP contribution in [-0.4, -0.2) is 19.2 Å². The lowest BCUT2D eigenvalue weighted by atomic mass is 10.1. The summed E-state index contributed by atoms with van der Waals surface area (Å²) in [5, 5.41) is 2.85. The van der Waals surface area contributed by atoms with E-state index in [9.17, 15) is 4.79 Å². The molecule has 2 aromatic carbocycles. The SMILES string of the molecule is CCCCCCOC(=O)Nc1ccc2c(c1)CCN2Cc1ccccc1. The minimum absolute atomic E-state index is 0.361. The number of hydrogen-bond acceptors (Lipinski definition) is 3. The van der Waals surface area contributed by atoms with Gasteiger partial charge >= 0.3 is 6.09 Å². The number of fused-ring (bicyclic) bond motifs is 1. The summed E-state index contributed by atoms with van der Waals surface area (Å²) in [6.45, 7) is 4.58. The fourth-order valence-corrected chi connectivity index (χ4v) is 3.36. The summed E-state index contributed by atoms with van der Waals surface area (Å²) in [5.74, 6) is 0. The Hall–Kier alpha value is -2.49. The predicted octanol–water partition coefficient (Wildman–Crippen LogP) is 5.38. The van der Waals surface area contributed by atoms with Gasteiger partial charge < -0.3 is 9.64 Å². The monoisotopic (exact) mass is 352 g/mol. The van der Waals surface area contributed by atoms with Gasteiger partial charge in [0.05, 0.1) is 6.61 Å². The van der Waals surface area contributed by atoms with E-state index in [1.165, 1.54) is 29.7 Å². The number of amides is 1. The first-order valence-corrected chi connectivity index (χ1v) is 9.62. The van der Waals surface area contributed by atoms with Gasteiger partial charge in [0.2, 0.25) is 0 Å². The zero-order valence-electron chi connectivity index (χ0n) is 15.5. The number of carbonyl (C=O) groups excluding carboxylic acids is 1. The third-order valence-electron chi connectivity index (χ3n) is 4.76. The molecule has 0 spiro atoms. The highest BCUT2D eigenvalue weighted by atomic mass is 16.5. The van der Waals surface area contributed by atoms with Gasteiger partial charge in [0, 0.05) is 24.5 Å². The minimum Gasteiger partial charge on any atom is -0.449 e. The first kappa shape index (κ1) is 18.3. The van der Waals surface area contributed by atoms with Gasteiger partial charge in [-0.1, -0.05) is 56.5 Å². The number of unbranched alkanes of at least 4 members (excludes halogenated alkanes) is 3. The van der Waals surface area contributed by atoms with Crippen LogP contribution in [0.4, 0.5) is 16.2 Å². The zero-order chi connectivity index (χ0) is 18.2. The molecule has 2 aromatic rings. The molecule has 0 radical (unpaired) electrons. The highest BCUT2D eigenvalue weighted by molar-refractivity contribution is 5.85. The molecule has 1 aliphatic heterocycles. The van der Waals surface area contributed by atoms with Gasteiger partial charge in [-0.05, 0) is 42.2 Å². The molecule has 0 saturated carbocycles. The van der Waals surface area contributed by atoms with E-state index in [0.29, 0.717) is 6.61 Å². The second-order valence-corrected chi connectivity index (χ2v) is 6.82. The van der Waals surface area contributed by atoms with Crippen LogP contribution >= 0.6 is 0 Å². The van der Waals surface area contributed by atoms with E-state index in [4.69, 9.17) is 4.74 Å². The van der Waals surface area contributed by atoms with Crippen molar-refractivity contribution in [2.24, 2.45) is 0 Å². The normalized spacial score (nSPS) is 12.7. The number of rotatable bonds is 8. The van der Waals surface area contributed by atoms with E-state index >= 15 is 0 Å². The summed E-state index contributed by atoms with van der Waals surface area (Å²) in [6, 6.07) is 16.6. The molecule has 4 heteroatoms. The molecule has 1 heterocycles. The summed E-state index contributed by atoms with van der Waals surface area (Å²) in [4.78, 5) is 14.3. The second-order valence-electron chi connectivity index (χ2n) is 6.82. The van der Waals surface area contributed by atoms with Crippen LogP contribution in [0.3, 0.4) is 0 Å². The van der Waals surface area contributed by atoms with Gasteiger partial charge in [-0.25, -0.2) is 4.79 Å². The average Bonchev–Trinajstić information content (AvgIpc) is 3.04. The van der Waals surface area contributed by atoms with Crippen LogP contribution in [0.15, 0.2) is 48.5 Å². The molecule has 1 N–H and O–H groups in total. The van der Waals surface area contributed by atoms with Crippen molar-refractivity contribution in [1.29, 1.82) is 0 Å². The van der Waals surface area contributed by atoms with Crippen molar-refractivity contribution >= 4 is 17.5 Å². The van der Waals surface area contributed by atoms with Gasteiger partial charge in [0.15, 0.2) is 0 Å². The van der Waals surface area contributed by atoms with E-state index < -0.39 is 0 Å². The third kappa shape index (κ3) is 5.01. The number of ether oxygens (including phenoxy) is 1. The van der Waals surface area contributed by atoms with Gasteiger partial charge in [-0.3, -0.25) is 5.32 Å². The van der Waals surface area contributed by atoms with Crippen LogP contribution in [0.25, 0.3) is 0 Å². The lowest BCUT2D eigenvalue weighted by molar-refractivity contribution is 0.159. The van der Waals surface area contributed by atoms with Gasteiger partial charge in [0.1, 0.15) is 0 Å². The van der Waals surface area contributed by atoms with Crippen LogP contribution in [0.2, 0.25) is 0 Å². The molecule has 0 saturated heterocycles.